The maximum Gasteiger partial charge on any atom is 0.0996 e. The highest BCUT2D eigenvalue weighted by Gasteiger charge is 2.25. The summed E-state index contributed by atoms with van der Waals surface area (Å²) in [5, 5.41) is 12.9. The number of rotatable bonds is 3. The average Bonchev–Trinajstić information content (AvgIpc) is 2.65. The van der Waals surface area contributed by atoms with Gasteiger partial charge in [-0.1, -0.05) is 6.07 Å². The second-order valence-corrected chi connectivity index (χ2v) is 4.47. The van der Waals surface area contributed by atoms with Gasteiger partial charge in [0.05, 0.1) is 25.4 Å². The molecule has 1 aliphatic heterocycles. The highest BCUT2D eigenvalue weighted by atomic mass is 32.2. The van der Waals surface area contributed by atoms with Crippen LogP contribution >= 0.6 is 11.8 Å². The van der Waals surface area contributed by atoms with E-state index >= 15 is 0 Å². The van der Waals surface area contributed by atoms with Crippen molar-refractivity contribution in [2.75, 3.05) is 24.8 Å². The van der Waals surface area contributed by atoms with Crippen LogP contribution in [0.2, 0.25) is 0 Å². The van der Waals surface area contributed by atoms with E-state index in [-0.39, 0.29) is 6.04 Å². The topological polar surface area (TPSA) is 41.5 Å². The standard InChI is InChI=1S/C11H15NO2S/c1-15-9-4-2-3-8(5-9)12-10-6-14-7-11(10)13/h2-5,10-13H,6-7H2,1H3/t10-,11-/m0/s1. The van der Waals surface area contributed by atoms with Crippen molar-refractivity contribution >= 4 is 17.4 Å². The second kappa shape index (κ2) is 4.88. The summed E-state index contributed by atoms with van der Waals surface area (Å²) in [7, 11) is 0. The molecule has 1 aromatic carbocycles. The van der Waals surface area contributed by atoms with Gasteiger partial charge in [-0.25, -0.2) is 0 Å². The van der Waals surface area contributed by atoms with Gasteiger partial charge in [0, 0.05) is 10.6 Å². The zero-order valence-electron chi connectivity index (χ0n) is 8.64. The average molecular weight is 225 g/mol. The first kappa shape index (κ1) is 10.8. The van der Waals surface area contributed by atoms with Gasteiger partial charge in [-0.15, -0.1) is 11.8 Å². The van der Waals surface area contributed by atoms with Crippen LogP contribution < -0.4 is 5.32 Å². The first-order valence-electron chi connectivity index (χ1n) is 4.96. The number of thioether (sulfide) groups is 1. The molecule has 1 aliphatic rings. The molecule has 0 saturated carbocycles. The number of aliphatic hydroxyl groups is 1. The first-order chi connectivity index (χ1) is 7.29. The summed E-state index contributed by atoms with van der Waals surface area (Å²) in [5.74, 6) is 0. The molecule has 2 rings (SSSR count). The monoisotopic (exact) mass is 225 g/mol. The van der Waals surface area contributed by atoms with Crippen LogP contribution in [0.3, 0.4) is 0 Å². The number of benzene rings is 1. The van der Waals surface area contributed by atoms with Crippen LogP contribution in [0.25, 0.3) is 0 Å². The molecule has 1 saturated heterocycles. The van der Waals surface area contributed by atoms with E-state index in [0.717, 1.165) is 5.69 Å². The van der Waals surface area contributed by atoms with Gasteiger partial charge in [0.1, 0.15) is 0 Å². The highest BCUT2D eigenvalue weighted by molar-refractivity contribution is 7.98. The highest BCUT2D eigenvalue weighted by Crippen LogP contribution is 2.21. The summed E-state index contributed by atoms with van der Waals surface area (Å²) in [4.78, 5) is 1.22. The largest absolute Gasteiger partial charge is 0.388 e. The van der Waals surface area contributed by atoms with E-state index < -0.39 is 6.10 Å². The lowest BCUT2D eigenvalue weighted by Gasteiger charge is -2.16. The molecule has 0 bridgehead atoms. The molecule has 1 aromatic rings. The molecule has 15 heavy (non-hydrogen) atoms. The Balaban J connectivity index is 2.03. The molecular weight excluding hydrogens is 210 g/mol. The van der Waals surface area contributed by atoms with Crippen LogP contribution in [0.1, 0.15) is 0 Å². The maximum atomic E-state index is 9.58. The lowest BCUT2D eigenvalue weighted by molar-refractivity contribution is 0.125. The summed E-state index contributed by atoms with van der Waals surface area (Å²) in [6, 6.07) is 8.18. The van der Waals surface area contributed by atoms with Gasteiger partial charge in [0.15, 0.2) is 0 Å². The molecule has 1 heterocycles. The van der Waals surface area contributed by atoms with Crippen molar-refractivity contribution in [3.63, 3.8) is 0 Å². The second-order valence-electron chi connectivity index (χ2n) is 3.59. The first-order valence-corrected chi connectivity index (χ1v) is 6.18. The Kier molecular flexibility index (Phi) is 3.51. The number of hydrogen-bond acceptors (Lipinski definition) is 4. The third-order valence-corrected chi connectivity index (χ3v) is 3.20. The Labute approximate surface area is 93.8 Å². The van der Waals surface area contributed by atoms with Crippen molar-refractivity contribution in [2.45, 2.75) is 17.0 Å². The minimum Gasteiger partial charge on any atom is -0.388 e. The molecule has 3 nitrogen and oxygen atoms in total. The zero-order valence-corrected chi connectivity index (χ0v) is 9.46. The molecule has 0 aromatic heterocycles. The fourth-order valence-corrected chi connectivity index (χ4v) is 2.07. The van der Waals surface area contributed by atoms with Crippen LogP contribution in [-0.4, -0.2) is 36.7 Å². The van der Waals surface area contributed by atoms with Crippen molar-refractivity contribution in [1.29, 1.82) is 0 Å². The molecule has 0 amide bonds. The number of hydrogen-bond donors (Lipinski definition) is 2. The molecule has 2 N–H and O–H groups in total. The summed E-state index contributed by atoms with van der Waals surface area (Å²) in [6.45, 7) is 1.00. The van der Waals surface area contributed by atoms with E-state index in [4.69, 9.17) is 4.74 Å². The smallest absolute Gasteiger partial charge is 0.0996 e. The van der Waals surface area contributed by atoms with Crippen LogP contribution in [0, 0.1) is 0 Å². The minimum atomic E-state index is -0.400. The van der Waals surface area contributed by atoms with E-state index in [2.05, 4.69) is 17.4 Å². The van der Waals surface area contributed by atoms with E-state index in [9.17, 15) is 5.11 Å². The number of ether oxygens (including phenoxy) is 1. The molecular formula is C11H15NO2S. The quantitative estimate of drug-likeness (QED) is 0.766. The SMILES string of the molecule is CSc1cccc(N[C@H]2COC[C@@H]2O)c1. The molecule has 0 radical (unpaired) electrons. The van der Waals surface area contributed by atoms with E-state index in [1.54, 1.807) is 11.8 Å². The van der Waals surface area contributed by atoms with Crippen LogP contribution in [-0.2, 0) is 4.74 Å². The van der Waals surface area contributed by atoms with Crippen molar-refractivity contribution in [1.82, 2.24) is 0 Å². The third-order valence-electron chi connectivity index (χ3n) is 2.47. The predicted octanol–water partition coefficient (Wildman–Crippen LogP) is 1.58. The van der Waals surface area contributed by atoms with Gasteiger partial charge in [-0.05, 0) is 24.5 Å². The van der Waals surface area contributed by atoms with Crippen molar-refractivity contribution in [3.8, 4) is 0 Å². The van der Waals surface area contributed by atoms with E-state index in [1.807, 2.05) is 18.4 Å². The molecule has 82 valence electrons. The van der Waals surface area contributed by atoms with Gasteiger partial charge in [-0.2, -0.15) is 0 Å². The Hall–Kier alpha value is -0.710. The van der Waals surface area contributed by atoms with E-state index in [0.29, 0.717) is 13.2 Å². The number of aliphatic hydroxyl groups excluding tert-OH is 1. The van der Waals surface area contributed by atoms with Crippen LogP contribution in [0.15, 0.2) is 29.2 Å². The fraction of sp³-hybridized carbons (Fsp3) is 0.455. The Morgan fingerprint density at radius 2 is 2.33 bits per heavy atom. The summed E-state index contributed by atoms with van der Waals surface area (Å²) in [6.07, 6.45) is 1.65. The molecule has 0 spiro atoms. The van der Waals surface area contributed by atoms with Gasteiger partial charge in [-0.3, -0.25) is 0 Å². The number of anilines is 1. The molecule has 1 fully saturated rings. The predicted molar refractivity (Wildman–Crippen MR) is 62.5 cm³/mol. The minimum absolute atomic E-state index is 0.0158. The maximum absolute atomic E-state index is 9.58. The molecule has 0 aliphatic carbocycles. The van der Waals surface area contributed by atoms with Crippen molar-refractivity contribution in [3.05, 3.63) is 24.3 Å². The Bertz CT molecular complexity index is 332. The van der Waals surface area contributed by atoms with Gasteiger partial charge >= 0.3 is 0 Å². The third kappa shape index (κ3) is 2.65. The Morgan fingerprint density at radius 1 is 1.47 bits per heavy atom. The molecule has 0 unspecified atom stereocenters. The lowest BCUT2D eigenvalue weighted by atomic mass is 10.2. The molecule has 4 heteroatoms. The number of nitrogens with one attached hydrogen (secondary N) is 1. The fourth-order valence-electron chi connectivity index (χ4n) is 1.61. The van der Waals surface area contributed by atoms with Crippen molar-refractivity contribution < 1.29 is 9.84 Å². The van der Waals surface area contributed by atoms with Crippen LogP contribution in [0.5, 0.6) is 0 Å². The van der Waals surface area contributed by atoms with Crippen LogP contribution in [0.4, 0.5) is 5.69 Å². The van der Waals surface area contributed by atoms with E-state index in [1.165, 1.54) is 4.90 Å². The van der Waals surface area contributed by atoms with Gasteiger partial charge < -0.3 is 15.2 Å². The van der Waals surface area contributed by atoms with Crippen molar-refractivity contribution in [2.24, 2.45) is 0 Å². The summed E-state index contributed by atoms with van der Waals surface area (Å²) < 4.78 is 5.18. The Morgan fingerprint density at radius 3 is 3.00 bits per heavy atom. The summed E-state index contributed by atoms with van der Waals surface area (Å²) in [5.41, 5.74) is 1.04. The molecule has 2 atom stereocenters. The zero-order chi connectivity index (χ0) is 10.7. The van der Waals surface area contributed by atoms with Gasteiger partial charge in [0.25, 0.3) is 0 Å². The normalized spacial score (nSPS) is 25.5. The van der Waals surface area contributed by atoms with Gasteiger partial charge in [0.2, 0.25) is 0 Å². The lowest BCUT2D eigenvalue weighted by Crippen LogP contribution is -2.31. The summed E-state index contributed by atoms with van der Waals surface area (Å²) >= 11 is 1.71.